The van der Waals surface area contributed by atoms with Crippen molar-refractivity contribution in [3.8, 4) is 11.5 Å². The number of amides is 3. The molecule has 2 saturated heterocycles. The molecule has 3 amide bonds. The SMILES string of the molecule is COc1ccc(/C=C2\SC(=S)N(C3CC(=O)N(CCC(=O)O)C3=O)C2=O)cc1OC. The molecule has 2 aliphatic heterocycles. The molecule has 0 aliphatic carbocycles. The lowest BCUT2D eigenvalue weighted by atomic mass is 10.1. The first-order valence-corrected chi connectivity index (χ1v) is 10.0. The summed E-state index contributed by atoms with van der Waals surface area (Å²) in [5.41, 5.74) is 0.671. The third kappa shape index (κ3) is 4.17. The van der Waals surface area contributed by atoms with Crippen molar-refractivity contribution >= 4 is 58.1 Å². The fourth-order valence-corrected chi connectivity index (χ4v) is 4.51. The zero-order valence-electron chi connectivity index (χ0n) is 16.1. The number of hydrogen-bond acceptors (Lipinski definition) is 8. The molecule has 0 saturated carbocycles. The Morgan fingerprint density at radius 3 is 2.60 bits per heavy atom. The molecule has 3 rings (SSSR count). The van der Waals surface area contributed by atoms with E-state index in [4.69, 9.17) is 26.8 Å². The first-order chi connectivity index (χ1) is 14.3. The zero-order valence-corrected chi connectivity index (χ0v) is 17.7. The fraction of sp³-hybridized carbons (Fsp3) is 0.316. The van der Waals surface area contributed by atoms with Crippen LogP contribution < -0.4 is 9.47 Å². The molecule has 0 radical (unpaired) electrons. The molecular weight excluding hydrogens is 432 g/mol. The number of rotatable bonds is 7. The van der Waals surface area contributed by atoms with Crippen LogP contribution in [0.4, 0.5) is 0 Å². The van der Waals surface area contributed by atoms with Gasteiger partial charge in [0.05, 0.1) is 32.0 Å². The number of carbonyl (C=O) groups excluding carboxylic acids is 3. The largest absolute Gasteiger partial charge is 0.493 e. The van der Waals surface area contributed by atoms with Crippen LogP contribution in [0.1, 0.15) is 18.4 Å². The Kier molecular flexibility index (Phi) is 6.42. The maximum Gasteiger partial charge on any atom is 0.305 e. The number of carboxylic acids is 1. The van der Waals surface area contributed by atoms with Crippen LogP contribution in [0.15, 0.2) is 23.1 Å². The van der Waals surface area contributed by atoms with Crippen molar-refractivity contribution in [2.45, 2.75) is 18.9 Å². The van der Waals surface area contributed by atoms with E-state index in [1.165, 1.54) is 14.2 Å². The molecular formula is C19H18N2O7S2. The molecule has 1 N–H and O–H groups in total. The summed E-state index contributed by atoms with van der Waals surface area (Å²) in [5.74, 6) is -1.71. The Balaban J connectivity index is 1.81. The van der Waals surface area contributed by atoms with Gasteiger partial charge in [-0.3, -0.25) is 29.0 Å². The van der Waals surface area contributed by atoms with Crippen molar-refractivity contribution in [3.63, 3.8) is 0 Å². The number of aliphatic carboxylic acids is 1. The van der Waals surface area contributed by atoms with E-state index in [2.05, 4.69) is 0 Å². The Morgan fingerprint density at radius 1 is 1.27 bits per heavy atom. The first kappa shape index (κ1) is 21.8. The molecule has 2 fully saturated rings. The predicted molar refractivity (Wildman–Crippen MR) is 112 cm³/mol. The van der Waals surface area contributed by atoms with Crippen molar-refractivity contribution in [1.29, 1.82) is 0 Å². The van der Waals surface area contributed by atoms with Gasteiger partial charge in [-0.05, 0) is 23.8 Å². The molecule has 1 aromatic rings. The van der Waals surface area contributed by atoms with Crippen LogP contribution in [-0.2, 0) is 19.2 Å². The number of methoxy groups -OCH3 is 2. The van der Waals surface area contributed by atoms with E-state index in [0.29, 0.717) is 22.0 Å². The first-order valence-electron chi connectivity index (χ1n) is 8.82. The van der Waals surface area contributed by atoms with Crippen molar-refractivity contribution in [3.05, 3.63) is 28.7 Å². The minimum atomic E-state index is -1.12. The van der Waals surface area contributed by atoms with Crippen molar-refractivity contribution in [2.24, 2.45) is 0 Å². The number of nitrogens with zero attached hydrogens (tertiary/aromatic N) is 2. The third-order valence-corrected chi connectivity index (χ3v) is 5.94. The Bertz CT molecular complexity index is 976. The molecule has 30 heavy (non-hydrogen) atoms. The zero-order chi connectivity index (χ0) is 22.0. The van der Waals surface area contributed by atoms with E-state index in [9.17, 15) is 19.2 Å². The smallest absolute Gasteiger partial charge is 0.305 e. The summed E-state index contributed by atoms with van der Waals surface area (Å²) in [6.45, 7) is -0.236. The molecule has 9 nitrogen and oxygen atoms in total. The van der Waals surface area contributed by atoms with Gasteiger partial charge in [0.15, 0.2) is 11.5 Å². The van der Waals surface area contributed by atoms with E-state index in [1.54, 1.807) is 24.3 Å². The van der Waals surface area contributed by atoms with Gasteiger partial charge < -0.3 is 14.6 Å². The highest BCUT2D eigenvalue weighted by molar-refractivity contribution is 8.26. The number of likely N-dealkylation sites (tertiary alicyclic amines) is 1. The lowest BCUT2D eigenvalue weighted by molar-refractivity contribution is -0.142. The normalized spacial score (nSPS) is 20.5. The second-order valence-corrected chi connectivity index (χ2v) is 8.09. The second kappa shape index (κ2) is 8.84. The maximum absolute atomic E-state index is 12.9. The summed E-state index contributed by atoms with van der Waals surface area (Å²) < 4.78 is 10.6. The van der Waals surface area contributed by atoms with Crippen LogP contribution in [0, 0.1) is 0 Å². The number of thioether (sulfide) groups is 1. The average molecular weight is 450 g/mol. The van der Waals surface area contributed by atoms with Gasteiger partial charge >= 0.3 is 5.97 Å². The summed E-state index contributed by atoms with van der Waals surface area (Å²) in [6, 6.07) is 4.08. The van der Waals surface area contributed by atoms with Gasteiger partial charge in [-0.15, -0.1) is 0 Å². The summed E-state index contributed by atoms with van der Waals surface area (Å²) in [7, 11) is 3.02. The molecule has 1 atom stereocenters. The van der Waals surface area contributed by atoms with Crippen molar-refractivity contribution in [2.75, 3.05) is 20.8 Å². The molecule has 11 heteroatoms. The van der Waals surface area contributed by atoms with Gasteiger partial charge in [-0.25, -0.2) is 0 Å². The second-order valence-electron chi connectivity index (χ2n) is 6.41. The molecule has 2 heterocycles. The number of imide groups is 1. The van der Waals surface area contributed by atoms with E-state index < -0.39 is 29.7 Å². The summed E-state index contributed by atoms with van der Waals surface area (Å²) in [4.78, 5) is 50.8. The fourth-order valence-electron chi connectivity index (χ4n) is 3.15. The number of ether oxygens (including phenoxy) is 2. The number of thiocarbonyl (C=S) groups is 1. The van der Waals surface area contributed by atoms with Crippen LogP contribution in [0.2, 0.25) is 0 Å². The number of carboxylic acid groups (broad SMARTS) is 1. The number of benzene rings is 1. The average Bonchev–Trinajstić information content (AvgIpc) is 3.14. The molecule has 1 aromatic carbocycles. The van der Waals surface area contributed by atoms with E-state index >= 15 is 0 Å². The number of carbonyl (C=O) groups is 4. The molecule has 0 bridgehead atoms. The maximum atomic E-state index is 12.9. The van der Waals surface area contributed by atoms with Gasteiger partial charge in [0.25, 0.3) is 11.8 Å². The van der Waals surface area contributed by atoms with Crippen LogP contribution in [0.3, 0.4) is 0 Å². The van der Waals surface area contributed by atoms with Crippen molar-refractivity contribution in [1.82, 2.24) is 9.80 Å². The Hall–Kier alpha value is -2.92. The van der Waals surface area contributed by atoms with Gasteiger partial charge in [0.2, 0.25) is 5.91 Å². The molecule has 0 spiro atoms. The lowest BCUT2D eigenvalue weighted by Crippen LogP contribution is -2.44. The van der Waals surface area contributed by atoms with Crippen LogP contribution >= 0.6 is 24.0 Å². The quantitative estimate of drug-likeness (QED) is 0.375. The number of hydrogen-bond donors (Lipinski definition) is 1. The van der Waals surface area contributed by atoms with Gasteiger partial charge in [-0.2, -0.15) is 0 Å². The molecule has 1 unspecified atom stereocenters. The molecule has 0 aromatic heterocycles. The summed E-state index contributed by atoms with van der Waals surface area (Å²) in [6.07, 6.45) is 1.03. The topological polar surface area (TPSA) is 113 Å². The minimum Gasteiger partial charge on any atom is -0.493 e. The van der Waals surface area contributed by atoms with E-state index in [-0.39, 0.29) is 23.7 Å². The molecule has 158 valence electrons. The standard InChI is InChI=1S/C19H18N2O7S2/c1-27-12-4-3-10(7-13(12)28-2)8-14-18(26)21(19(29)30-14)11-9-15(22)20(17(11)25)6-5-16(23)24/h3-4,7-8,11H,5-6,9H2,1-2H3,(H,23,24)/b14-8-. The highest BCUT2D eigenvalue weighted by atomic mass is 32.2. The molecule has 2 aliphatic rings. The van der Waals surface area contributed by atoms with Gasteiger partial charge in [-0.1, -0.05) is 30.0 Å². The highest BCUT2D eigenvalue weighted by Gasteiger charge is 2.48. The third-order valence-electron chi connectivity index (χ3n) is 4.61. The monoisotopic (exact) mass is 450 g/mol. The highest BCUT2D eigenvalue weighted by Crippen LogP contribution is 2.37. The Morgan fingerprint density at radius 2 is 1.97 bits per heavy atom. The minimum absolute atomic E-state index is 0.165. The van der Waals surface area contributed by atoms with Crippen LogP contribution in [-0.4, -0.2) is 69.7 Å². The Labute approximate surface area is 181 Å². The lowest BCUT2D eigenvalue weighted by Gasteiger charge is -2.21. The van der Waals surface area contributed by atoms with Crippen LogP contribution in [0.25, 0.3) is 6.08 Å². The summed E-state index contributed by atoms with van der Waals surface area (Å²) in [5, 5.41) is 8.79. The van der Waals surface area contributed by atoms with E-state index in [0.717, 1.165) is 21.6 Å². The predicted octanol–water partition coefficient (Wildman–Crippen LogP) is 1.51. The van der Waals surface area contributed by atoms with Gasteiger partial charge in [0.1, 0.15) is 10.4 Å². The summed E-state index contributed by atoms with van der Waals surface area (Å²) >= 11 is 6.31. The van der Waals surface area contributed by atoms with E-state index in [1.807, 2.05) is 0 Å². The van der Waals surface area contributed by atoms with Gasteiger partial charge in [0, 0.05) is 6.54 Å². The van der Waals surface area contributed by atoms with Crippen molar-refractivity contribution < 1.29 is 33.8 Å². The van der Waals surface area contributed by atoms with Crippen LogP contribution in [0.5, 0.6) is 11.5 Å².